The molecule has 172 valence electrons. The van der Waals surface area contributed by atoms with E-state index in [1.54, 1.807) is 24.6 Å². The van der Waals surface area contributed by atoms with E-state index < -0.39 is 5.92 Å². The SMILES string of the molecule is CC1=C(C(=O)Nc2ccc(C)cn2)[C@@H](c2cccc(Cl)c2)C2=C(C[C@@H](c3ccco3)CC2=O)N1. The summed E-state index contributed by atoms with van der Waals surface area (Å²) < 4.78 is 5.59. The average Bonchev–Trinajstić information content (AvgIpc) is 3.34. The van der Waals surface area contributed by atoms with Gasteiger partial charge in [0.2, 0.25) is 0 Å². The van der Waals surface area contributed by atoms with Gasteiger partial charge in [-0.2, -0.15) is 0 Å². The molecular weight excluding hydrogens is 450 g/mol. The number of ketones is 1. The predicted octanol–water partition coefficient (Wildman–Crippen LogP) is 5.64. The second-order valence-corrected chi connectivity index (χ2v) is 9.20. The lowest BCUT2D eigenvalue weighted by molar-refractivity contribution is -0.116. The maximum atomic E-state index is 13.5. The Morgan fingerprint density at radius 3 is 2.71 bits per heavy atom. The van der Waals surface area contributed by atoms with Gasteiger partial charge in [-0.3, -0.25) is 9.59 Å². The maximum Gasteiger partial charge on any atom is 0.255 e. The van der Waals surface area contributed by atoms with Gasteiger partial charge in [0.15, 0.2) is 5.78 Å². The van der Waals surface area contributed by atoms with Crippen LogP contribution in [0.3, 0.4) is 0 Å². The van der Waals surface area contributed by atoms with E-state index in [0.717, 1.165) is 22.6 Å². The zero-order valence-electron chi connectivity index (χ0n) is 18.9. The van der Waals surface area contributed by atoms with Crippen LogP contribution in [0.15, 0.2) is 87.9 Å². The van der Waals surface area contributed by atoms with Gasteiger partial charge in [-0.25, -0.2) is 4.98 Å². The topological polar surface area (TPSA) is 84.2 Å². The quantitative estimate of drug-likeness (QED) is 0.512. The highest BCUT2D eigenvalue weighted by Crippen LogP contribution is 2.46. The van der Waals surface area contributed by atoms with E-state index in [2.05, 4.69) is 15.6 Å². The summed E-state index contributed by atoms with van der Waals surface area (Å²) in [7, 11) is 0. The van der Waals surface area contributed by atoms with Crippen LogP contribution in [0.1, 0.15) is 48.5 Å². The molecule has 2 aliphatic rings. The molecule has 0 saturated heterocycles. The highest BCUT2D eigenvalue weighted by Gasteiger charge is 2.41. The number of aryl methyl sites for hydroxylation is 1. The second-order valence-electron chi connectivity index (χ2n) is 8.76. The number of Topliss-reactive ketones (excluding diaryl/α,β-unsaturated/α-hetero) is 1. The summed E-state index contributed by atoms with van der Waals surface area (Å²) >= 11 is 6.32. The highest BCUT2D eigenvalue weighted by molar-refractivity contribution is 6.30. The largest absolute Gasteiger partial charge is 0.469 e. The van der Waals surface area contributed by atoms with E-state index in [4.69, 9.17) is 16.0 Å². The van der Waals surface area contributed by atoms with Gasteiger partial charge in [-0.1, -0.05) is 29.8 Å². The zero-order chi connectivity index (χ0) is 23.8. The first kappa shape index (κ1) is 22.2. The van der Waals surface area contributed by atoms with Crippen LogP contribution in [0.2, 0.25) is 5.02 Å². The fraction of sp³-hybridized carbons (Fsp3) is 0.222. The van der Waals surface area contributed by atoms with E-state index >= 15 is 0 Å². The Bertz CT molecular complexity index is 1320. The summed E-state index contributed by atoms with van der Waals surface area (Å²) in [4.78, 5) is 31.4. The number of carbonyl (C=O) groups is 2. The molecule has 1 aromatic carbocycles. The van der Waals surface area contributed by atoms with Gasteiger partial charge >= 0.3 is 0 Å². The molecular formula is C27H24ClN3O3. The van der Waals surface area contributed by atoms with Gasteiger partial charge < -0.3 is 15.1 Å². The van der Waals surface area contributed by atoms with Crippen molar-refractivity contribution in [3.63, 3.8) is 0 Å². The van der Waals surface area contributed by atoms with Gasteiger partial charge in [0, 0.05) is 52.0 Å². The number of carbonyl (C=O) groups excluding carboxylic acids is 2. The summed E-state index contributed by atoms with van der Waals surface area (Å²) in [6.45, 7) is 3.80. The van der Waals surface area contributed by atoms with Crippen LogP contribution < -0.4 is 10.6 Å². The van der Waals surface area contributed by atoms with Gasteiger partial charge in [0.1, 0.15) is 11.6 Å². The number of anilines is 1. The van der Waals surface area contributed by atoms with Crippen molar-refractivity contribution in [1.29, 1.82) is 0 Å². The fourth-order valence-electron chi connectivity index (χ4n) is 4.81. The number of hydrogen-bond donors (Lipinski definition) is 2. The number of pyridine rings is 1. The minimum atomic E-state index is -0.537. The number of allylic oxidation sites excluding steroid dienone is 3. The van der Waals surface area contributed by atoms with E-state index in [1.165, 1.54) is 0 Å². The molecule has 1 amide bonds. The smallest absolute Gasteiger partial charge is 0.255 e. The van der Waals surface area contributed by atoms with Crippen molar-refractivity contribution < 1.29 is 14.0 Å². The molecule has 2 atom stereocenters. The molecule has 1 aliphatic carbocycles. The molecule has 1 aliphatic heterocycles. The molecule has 0 saturated carbocycles. The lowest BCUT2D eigenvalue weighted by Gasteiger charge is -2.36. The number of halogens is 1. The van der Waals surface area contributed by atoms with Gasteiger partial charge in [0.25, 0.3) is 5.91 Å². The molecule has 0 radical (unpaired) electrons. The molecule has 6 nitrogen and oxygen atoms in total. The van der Waals surface area contributed by atoms with Crippen molar-refractivity contribution in [2.45, 2.75) is 38.5 Å². The molecule has 34 heavy (non-hydrogen) atoms. The number of amides is 1. The Balaban J connectivity index is 1.56. The highest BCUT2D eigenvalue weighted by atomic mass is 35.5. The van der Waals surface area contributed by atoms with Crippen LogP contribution in [0.4, 0.5) is 5.82 Å². The molecule has 5 rings (SSSR count). The summed E-state index contributed by atoms with van der Waals surface area (Å²) in [6.07, 6.45) is 4.26. The third kappa shape index (κ3) is 4.17. The van der Waals surface area contributed by atoms with E-state index in [0.29, 0.717) is 40.5 Å². The molecule has 0 unspecified atom stereocenters. The summed E-state index contributed by atoms with van der Waals surface area (Å²) in [6, 6.07) is 14.7. The molecule has 2 aromatic heterocycles. The number of furan rings is 1. The second kappa shape index (κ2) is 8.95. The van der Waals surface area contributed by atoms with Crippen LogP contribution in [-0.2, 0) is 9.59 Å². The number of hydrogen-bond acceptors (Lipinski definition) is 5. The number of aromatic nitrogens is 1. The molecule has 7 heteroatoms. The fourth-order valence-corrected chi connectivity index (χ4v) is 5.01. The number of benzene rings is 1. The molecule has 0 spiro atoms. The zero-order valence-corrected chi connectivity index (χ0v) is 19.6. The first-order valence-corrected chi connectivity index (χ1v) is 11.6. The summed E-state index contributed by atoms with van der Waals surface area (Å²) in [5.41, 5.74) is 4.41. The maximum absolute atomic E-state index is 13.5. The van der Waals surface area contributed by atoms with E-state index in [9.17, 15) is 9.59 Å². The Kier molecular flexibility index (Phi) is 5.84. The Morgan fingerprint density at radius 2 is 2.00 bits per heavy atom. The third-order valence-electron chi connectivity index (χ3n) is 6.35. The van der Waals surface area contributed by atoms with Crippen molar-refractivity contribution in [3.8, 4) is 0 Å². The first-order valence-electron chi connectivity index (χ1n) is 11.2. The minimum absolute atomic E-state index is 0.00798. The number of nitrogens with one attached hydrogen (secondary N) is 2. The Hall–Kier alpha value is -3.64. The average molecular weight is 474 g/mol. The van der Waals surface area contributed by atoms with Crippen molar-refractivity contribution in [1.82, 2.24) is 10.3 Å². The predicted molar refractivity (Wildman–Crippen MR) is 130 cm³/mol. The van der Waals surface area contributed by atoms with Crippen molar-refractivity contribution in [2.75, 3.05) is 5.32 Å². The first-order chi connectivity index (χ1) is 16.4. The molecule has 2 N–H and O–H groups in total. The summed E-state index contributed by atoms with van der Waals surface area (Å²) in [5, 5.41) is 6.81. The number of nitrogens with zero attached hydrogens (tertiary/aromatic N) is 1. The Morgan fingerprint density at radius 1 is 1.15 bits per heavy atom. The van der Waals surface area contributed by atoms with Crippen molar-refractivity contribution in [3.05, 3.63) is 105 Å². The van der Waals surface area contributed by atoms with Crippen LogP contribution in [0.5, 0.6) is 0 Å². The monoisotopic (exact) mass is 473 g/mol. The lowest BCUT2D eigenvalue weighted by Crippen LogP contribution is -2.37. The van der Waals surface area contributed by atoms with Crippen LogP contribution in [0.25, 0.3) is 0 Å². The summed E-state index contributed by atoms with van der Waals surface area (Å²) in [5.74, 6) is 0.342. The molecule has 0 fully saturated rings. The van der Waals surface area contributed by atoms with Gasteiger partial charge in [0.05, 0.1) is 6.26 Å². The van der Waals surface area contributed by atoms with Gasteiger partial charge in [-0.05, 0) is 61.7 Å². The lowest BCUT2D eigenvalue weighted by atomic mass is 9.72. The van der Waals surface area contributed by atoms with Crippen LogP contribution in [0, 0.1) is 6.92 Å². The number of dihydropyridines is 1. The minimum Gasteiger partial charge on any atom is -0.469 e. The van der Waals surface area contributed by atoms with Gasteiger partial charge in [-0.15, -0.1) is 0 Å². The standard InChI is InChI=1S/C27H24ClN3O3/c1-15-8-9-23(29-14-15)31-27(33)24-16(2)30-20-12-18(22-7-4-10-34-22)13-21(32)26(20)25(24)17-5-3-6-19(28)11-17/h3-11,14,18,25,30H,12-13H2,1-2H3,(H,29,31,33)/t18-,25-/m1/s1. The van der Waals surface area contributed by atoms with Crippen molar-refractivity contribution >= 4 is 29.1 Å². The van der Waals surface area contributed by atoms with E-state index in [-0.39, 0.29) is 17.6 Å². The molecule has 3 aromatic rings. The Labute approximate surface area is 202 Å². The third-order valence-corrected chi connectivity index (χ3v) is 6.59. The van der Waals surface area contributed by atoms with Crippen molar-refractivity contribution in [2.24, 2.45) is 0 Å². The van der Waals surface area contributed by atoms with E-state index in [1.807, 2.05) is 50.2 Å². The van der Waals surface area contributed by atoms with Crippen LogP contribution in [-0.4, -0.2) is 16.7 Å². The molecule has 3 heterocycles. The molecule has 0 bridgehead atoms. The number of rotatable bonds is 4. The normalized spacial score (nSPS) is 20.1. The van der Waals surface area contributed by atoms with Crippen LogP contribution >= 0.6 is 11.6 Å².